The van der Waals surface area contributed by atoms with Crippen LogP contribution < -0.4 is 0 Å². The van der Waals surface area contributed by atoms with Crippen molar-refractivity contribution in [1.29, 1.82) is 0 Å². The van der Waals surface area contributed by atoms with Gasteiger partial charge in [-0.05, 0) is 38.2 Å². The highest BCUT2D eigenvalue weighted by Gasteiger charge is 2.34. The van der Waals surface area contributed by atoms with Crippen molar-refractivity contribution in [2.45, 2.75) is 24.0 Å². The summed E-state index contributed by atoms with van der Waals surface area (Å²) in [7, 11) is 0.181. The number of halogens is 2. The molecule has 0 saturated carbocycles. The van der Waals surface area contributed by atoms with E-state index in [9.17, 15) is 13.5 Å². The molecule has 0 spiro atoms. The maximum atomic E-state index is 12.7. The lowest BCUT2D eigenvalue weighted by molar-refractivity contribution is 0.281. The number of hydrogen-bond acceptors (Lipinski definition) is 4. The lowest BCUT2D eigenvalue weighted by atomic mass is 10.2. The monoisotopic (exact) mass is 352 g/mol. The van der Waals surface area contributed by atoms with Gasteiger partial charge >= 0.3 is 0 Å². The Hall–Kier alpha value is -0.370. The molecule has 1 aromatic carbocycles. The third-order valence-electron chi connectivity index (χ3n) is 3.75. The van der Waals surface area contributed by atoms with Crippen LogP contribution in [-0.4, -0.2) is 56.0 Å². The quantitative estimate of drug-likeness (QED) is 0.897. The lowest BCUT2D eigenvalue weighted by Gasteiger charge is -2.21. The van der Waals surface area contributed by atoms with Crippen LogP contribution in [0.4, 0.5) is 0 Å². The normalized spacial score (nSPS) is 20.4. The standard InChI is InChI=1S/C13H18Cl2N2O3S/c1-16(2)10-3-4-17(7-10)21(19,20)13-5-9(8-18)11(14)6-12(13)15/h5-6,10,18H,3-4,7-8H2,1-2H3. The molecule has 1 fully saturated rings. The van der Waals surface area contributed by atoms with Gasteiger partial charge in [0.15, 0.2) is 0 Å². The predicted octanol–water partition coefficient (Wildman–Crippen LogP) is 1.81. The van der Waals surface area contributed by atoms with E-state index in [0.717, 1.165) is 6.42 Å². The van der Waals surface area contributed by atoms with Crippen molar-refractivity contribution in [3.8, 4) is 0 Å². The molecule has 0 radical (unpaired) electrons. The third-order valence-corrected chi connectivity index (χ3v) is 6.43. The summed E-state index contributed by atoms with van der Waals surface area (Å²) in [5.41, 5.74) is 0.350. The molecule has 118 valence electrons. The highest BCUT2D eigenvalue weighted by atomic mass is 35.5. The summed E-state index contributed by atoms with van der Waals surface area (Å²) in [6.45, 7) is 0.556. The molecule has 0 amide bonds. The van der Waals surface area contributed by atoms with Gasteiger partial charge in [0.05, 0.1) is 11.6 Å². The van der Waals surface area contributed by atoms with E-state index in [1.54, 1.807) is 0 Å². The van der Waals surface area contributed by atoms with E-state index in [0.29, 0.717) is 18.7 Å². The van der Waals surface area contributed by atoms with Crippen LogP contribution in [0, 0.1) is 0 Å². The van der Waals surface area contributed by atoms with E-state index >= 15 is 0 Å². The molecule has 1 saturated heterocycles. The molecule has 1 atom stereocenters. The molecule has 8 heteroatoms. The van der Waals surface area contributed by atoms with Crippen molar-refractivity contribution in [1.82, 2.24) is 9.21 Å². The number of likely N-dealkylation sites (N-methyl/N-ethyl adjacent to an activating group) is 1. The van der Waals surface area contributed by atoms with Crippen LogP contribution in [-0.2, 0) is 16.6 Å². The third kappa shape index (κ3) is 3.36. The number of aliphatic hydroxyl groups excluding tert-OH is 1. The smallest absolute Gasteiger partial charge is 0.244 e. The van der Waals surface area contributed by atoms with Crippen molar-refractivity contribution in [3.63, 3.8) is 0 Å². The Balaban J connectivity index is 2.37. The SMILES string of the molecule is CN(C)C1CCN(S(=O)(=O)c2cc(CO)c(Cl)cc2Cl)C1. The van der Waals surface area contributed by atoms with Gasteiger partial charge in [-0.2, -0.15) is 4.31 Å². The maximum Gasteiger partial charge on any atom is 0.244 e. The molecule has 5 nitrogen and oxygen atoms in total. The molecule has 0 bridgehead atoms. The highest BCUT2D eigenvalue weighted by molar-refractivity contribution is 7.89. The summed E-state index contributed by atoms with van der Waals surface area (Å²) in [5, 5.41) is 9.57. The van der Waals surface area contributed by atoms with Crippen LogP contribution in [0.15, 0.2) is 17.0 Å². The Kier molecular flexibility index (Phi) is 5.18. The van der Waals surface area contributed by atoms with E-state index < -0.39 is 10.0 Å². The summed E-state index contributed by atoms with van der Waals surface area (Å²) in [5.74, 6) is 0. The first kappa shape index (κ1) is 17.0. The average molecular weight is 353 g/mol. The fourth-order valence-corrected chi connectivity index (χ4v) is 4.70. The van der Waals surface area contributed by atoms with Gasteiger partial charge in [-0.15, -0.1) is 0 Å². The molecule has 1 aromatic rings. The number of rotatable bonds is 4. The Morgan fingerprint density at radius 3 is 2.52 bits per heavy atom. The first-order valence-corrected chi connectivity index (χ1v) is 8.72. The van der Waals surface area contributed by atoms with Crippen LogP contribution in [0.2, 0.25) is 10.0 Å². The van der Waals surface area contributed by atoms with Gasteiger partial charge in [0.1, 0.15) is 4.90 Å². The van der Waals surface area contributed by atoms with Crippen molar-refractivity contribution >= 4 is 33.2 Å². The van der Waals surface area contributed by atoms with Crippen LogP contribution in [0.1, 0.15) is 12.0 Å². The van der Waals surface area contributed by atoms with Crippen molar-refractivity contribution < 1.29 is 13.5 Å². The fourth-order valence-electron chi connectivity index (χ4n) is 2.38. The van der Waals surface area contributed by atoms with Crippen molar-refractivity contribution in [3.05, 3.63) is 27.7 Å². The van der Waals surface area contributed by atoms with Gasteiger partial charge in [0.25, 0.3) is 0 Å². The van der Waals surface area contributed by atoms with Gasteiger partial charge in [0.2, 0.25) is 10.0 Å². The van der Waals surface area contributed by atoms with Gasteiger partial charge < -0.3 is 10.0 Å². The maximum absolute atomic E-state index is 12.7. The molecule has 1 aliphatic heterocycles. The Morgan fingerprint density at radius 1 is 1.33 bits per heavy atom. The van der Waals surface area contributed by atoms with E-state index in [-0.39, 0.29) is 27.6 Å². The molecular formula is C13H18Cl2N2O3S. The molecule has 1 unspecified atom stereocenters. The van der Waals surface area contributed by atoms with Gasteiger partial charge in [-0.25, -0.2) is 8.42 Å². The van der Waals surface area contributed by atoms with Gasteiger partial charge in [-0.3, -0.25) is 0 Å². The number of benzene rings is 1. The number of aliphatic hydroxyl groups is 1. The molecular weight excluding hydrogens is 335 g/mol. The first-order chi connectivity index (χ1) is 9.77. The van der Waals surface area contributed by atoms with Crippen LogP contribution in [0.3, 0.4) is 0 Å². The number of hydrogen-bond donors (Lipinski definition) is 1. The molecule has 1 N–H and O–H groups in total. The molecule has 0 aliphatic carbocycles. The largest absolute Gasteiger partial charge is 0.392 e. The zero-order valence-corrected chi connectivity index (χ0v) is 14.2. The summed E-state index contributed by atoms with van der Waals surface area (Å²) in [6, 6.07) is 2.91. The van der Waals surface area contributed by atoms with Crippen molar-refractivity contribution in [2.24, 2.45) is 0 Å². The summed E-state index contributed by atoms with van der Waals surface area (Å²) < 4.78 is 26.8. The molecule has 0 aromatic heterocycles. The average Bonchev–Trinajstić information content (AvgIpc) is 2.89. The van der Waals surface area contributed by atoms with E-state index in [1.807, 2.05) is 19.0 Å². The van der Waals surface area contributed by atoms with Gasteiger partial charge in [0, 0.05) is 24.2 Å². The number of nitrogens with zero attached hydrogens (tertiary/aromatic N) is 2. The fraction of sp³-hybridized carbons (Fsp3) is 0.538. The zero-order valence-electron chi connectivity index (χ0n) is 11.9. The second kappa shape index (κ2) is 6.40. The Bertz CT molecular complexity index is 635. The minimum absolute atomic E-state index is 0.00276. The lowest BCUT2D eigenvalue weighted by Crippen LogP contribution is -2.34. The predicted molar refractivity (Wildman–Crippen MR) is 83.2 cm³/mol. The van der Waals surface area contributed by atoms with Crippen LogP contribution >= 0.6 is 23.2 Å². The second-order valence-electron chi connectivity index (χ2n) is 5.30. The second-order valence-corrected chi connectivity index (χ2v) is 8.02. The van der Waals surface area contributed by atoms with Gasteiger partial charge in [-0.1, -0.05) is 23.2 Å². The molecule has 1 aliphatic rings. The van der Waals surface area contributed by atoms with E-state index in [2.05, 4.69) is 0 Å². The molecule has 21 heavy (non-hydrogen) atoms. The summed E-state index contributed by atoms with van der Waals surface area (Å²) >= 11 is 12.0. The number of sulfonamides is 1. The van der Waals surface area contributed by atoms with Crippen LogP contribution in [0.5, 0.6) is 0 Å². The highest BCUT2D eigenvalue weighted by Crippen LogP contribution is 2.32. The minimum atomic E-state index is -3.68. The minimum Gasteiger partial charge on any atom is -0.392 e. The summed E-state index contributed by atoms with van der Waals surface area (Å²) in [6.07, 6.45) is 0.782. The van der Waals surface area contributed by atoms with E-state index in [4.69, 9.17) is 23.2 Å². The topological polar surface area (TPSA) is 60.9 Å². The van der Waals surface area contributed by atoms with Crippen molar-refractivity contribution in [2.75, 3.05) is 27.2 Å². The van der Waals surface area contributed by atoms with E-state index in [1.165, 1.54) is 16.4 Å². The Morgan fingerprint density at radius 2 is 2.00 bits per heavy atom. The first-order valence-electron chi connectivity index (χ1n) is 6.52. The van der Waals surface area contributed by atoms with Crippen LogP contribution in [0.25, 0.3) is 0 Å². The zero-order chi connectivity index (χ0) is 15.8. The summed E-state index contributed by atoms with van der Waals surface area (Å²) in [4.78, 5) is 2.01. The molecule has 1 heterocycles. The Labute approximate surface area is 135 Å². The molecule has 2 rings (SSSR count).